The first kappa shape index (κ1) is 24.2. The van der Waals surface area contributed by atoms with Crippen LogP contribution in [0, 0.1) is 5.92 Å². The number of rotatable bonds is 11. The Balaban J connectivity index is 1.25. The first-order chi connectivity index (χ1) is 15.1. The molecule has 1 aromatic carbocycles. The zero-order chi connectivity index (χ0) is 21.9. The van der Waals surface area contributed by atoms with Gasteiger partial charge in [-0.25, -0.2) is 0 Å². The van der Waals surface area contributed by atoms with Gasteiger partial charge in [0.05, 0.1) is 6.10 Å². The predicted molar refractivity (Wildman–Crippen MR) is 127 cm³/mol. The lowest BCUT2D eigenvalue weighted by molar-refractivity contribution is -0.126. The van der Waals surface area contributed by atoms with Crippen molar-refractivity contribution in [3.63, 3.8) is 0 Å². The Labute approximate surface area is 189 Å². The van der Waals surface area contributed by atoms with Crippen molar-refractivity contribution in [3.05, 3.63) is 35.9 Å². The predicted octanol–water partition coefficient (Wildman–Crippen LogP) is 3.73. The quantitative estimate of drug-likeness (QED) is 0.545. The minimum atomic E-state index is 0.195. The van der Waals surface area contributed by atoms with Gasteiger partial charge in [0.2, 0.25) is 5.91 Å². The molecule has 2 aliphatic rings. The SMILES string of the molecule is CC(C)OCCCNC(=O)C1CCN(C2CCN(CCCc3ccccc3)CC2)CC1. The minimum absolute atomic E-state index is 0.195. The lowest BCUT2D eigenvalue weighted by Crippen LogP contribution is -2.49. The molecule has 174 valence electrons. The van der Waals surface area contributed by atoms with E-state index in [9.17, 15) is 4.79 Å². The third-order valence-corrected chi connectivity index (χ3v) is 6.83. The number of nitrogens with one attached hydrogen (secondary N) is 1. The summed E-state index contributed by atoms with van der Waals surface area (Å²) in [4.78, 5) is 17.7. The Hall–Kier alpha value is -1.43. The highest BCUT2D eigenvalue weighted by molar-refractivity contribution is 5.78. The number of aryl methyl sites for hydroxylation is 1. The second-order valence-electron chi connectivity index (χ2n) is 9.54. The van der Waals surface area contributed by atoms with E-state index in [-0.39, 0.29) is 17.9 Å². The van der Waals surface area contributed by atoms with Crippen LogP contribution in [0.4, 0.5) is 0 Å². The summed E-state index contributed by atoms with van der Waals surface area (Å²) in [6.07, 6.45) is 8.15. The van der Waals surface area contributed by atoms with E-state index in [1.54, 1.807) is 0 Å². The summed E-state index contributed by atoms with van der Waals surface area (Å²) in [5.41, 5.74) is 1.45. The summed E-state index contributed by atoms with van der Waals surface area (Å²) in [7, 11) is 0. The van der Waals surface area contributed by atoms with Crippen molar-refractivity contribution >= 4 is 5.91 Å². The van der Waals surface area contributed by atoms with E-state index in [4.69, 9.17) is 4.74 Å². The zero-order valence-corrected chi connectivity index (χ0v) is 19.7. The Morgan fingerprint density at radius 2 is 1.74 bits per heavy atom. The molecule has 0 radical (unpaired) electrons. The van der Waals surface area contributed by atoms with Crippen LogP contribution in [0.5, 0.6) is 0 Å². The van der Waals surface area contributed by atoms with Gasteiger partial charge in [-0.3, -0.25) is 4.79 Å². The number of nitrogens with zero attached hydrogens (tertiary/aromatic N) is 2. The highest BCUT2D eigenvalue weighted by atomic mass is 16.5. The Morgan fingerprint density at radius 3 is 2.42 bits per heavy atom. The van der Waals surface area contributed by atoms with Crippen LogP contribution in [0.2, 0.25) is 0 Å². The number of likely N-dealkylation sites (tertiary alicyclic amines) is 2. The van der Waals surface area contributed by atoms with E-state index >= 15 is 0 Å². The number of hydrogen-bond acceptors (Lipinski definition) is 4. The van der Waals surface area contributed by atoms with Gasteiger partial charge in [-0.15, -0.1) is 0 Å². The van der Waals surface area contributed by atoms with Gasteiger partial charge >= 0.3 is 0 Å². The largest absolute Gasteiger partial charge is 0.379 e. The fourth-order valence-electron chi connectivity index (χ4n) is 4.93. The molecule has 31 heavy (non-hydrogen) atoms. The first-order valence-corrected chi connectivity index (χ1v) is 12.5. The van der Waals surface area contributed by atoms with Crippen molar-refractivity contribution in [2.45, 2.75) is 70.9 Å². The molecule has 2 aliphatic heterocycles. The monoisotopic (exact) mass is 429 g/mol. The molecule has 0 saturated carbocycles. The molecule has 2 heterocycles. The molecular formula is C26H43N3O2. The standard InChI is InChI=1S/C26H43N3O2/c1-22(2)31-21-7-15-27-26(30)24-11-19-29(20-12-24)25-13-17-28(18-14-25)16-6-10-23-8-4-3-5-9-23/h3-5,8-9,22,24-25H,6-7,10-21H2,1-2H3,(H,27,30). The highest BCUT2D eigenvalue weighted by Gasteiger charge is 2.30. The topological polar surface area (TPSA) is 44.8 Å². The lowest BCUT2D eigenvalue weighted by Gasteiger charge is -2.41. The van der Waals surface area contributed by atoms with Crippen LogP contribution in [0.25, 0.3) is 0 Å². The van der Waals surface area contributed by atoms with E-state index in [2.05, 4.69) is 45.4 Å². The number of piperidine rings is 2. The zero-order valence-electron chi connectivity index (χ0n) is 19.7. The molecule has 0 bridgehead atoms. The molecule has 2 fully saturated rings. The van der Waals surface area contributed by atoms with Gasteiger partial charge in [-0.1, -0.05) is 30.3 Å². The maximum atomic E-state index is 12.4. The molecule has 0 aromatic heterocycles. The van der Waals surface area contributed by atoms with Crippen molar-refractivity contribution in [2.24, 2.45) is 5.92 Å². The second kappa shape index (κ2) is 13.2. The normalized spacial score (nSPS) is 19.7. The van der Waals surface area contributed by atoms with E-state index in [1.807, 2.05) is 13.8 Å². The number of carbonyl (C=O) groups excluding carboxylic acids is 1. The van der Waals surface area contributed by atoms with Gasteiger partial charge in [-0.05, 0) is 97.1 Å². The maximum Gasteiger partial charge on any atom is 0.223 e. The third-order valence-electron chi connectivity index (χ3n) is 6.83. The van der Waals surface area contributed by atoms with Crippen molar-refractivity contribution in [2.75, 3.05) is 45.9 Å². The number of carbonyl (C=O) groups is 1. The summed E-state index contributed by atoms with van der Waals surface area (Å²) in [5.74, 6) is 0.442. The van der Waals surface area contributed by atoms with E-state index < -0.39 is 0 Å². The molecule has 0 aliphatic carbocycles. The molecule has 1 N–H and O–H groups in total. The van der Waals surface area contributed by atoms with Crippen LogP contribution < -0.4 is 5.32 Å². The molecule has 2 saturated heterocycles. The van der Waals surface area contributed by atoms with Gasteiger partial charge in [-0.2, -0.15) is 0 Å². The summed E-state index contributed by atoms with van der Waals surface area (Å²) in [5, 5.41) is 3.11. The van der Waals surface area contributed by atoms with Gasteiger partial charge < -0.3 is 19.9 Å². The second-order valence-corrected chi connectivity index (χ2v) is 9.54. The minimum Gasteiger partial charge on any atom is -0.379 e. The molecule has 0 spiro atoms. The molecular weight excluding hydrogens is 386 g/mol. The molecule has 5 heteroatoms. The van der Waals surface area contributed by atoms with Crippen molar-refractivity contribution < 1.29 is 9.53 Å². The van der Waals surface area contributed by atoms with Crippen molar-refractivity contribution in [1.82, 2.24) is 15.1 Å². The van der Waals surface area contributed by atoms with E-state index in [0.717, 1.165) is 45.5 Å². The van der Waals surface area contributed by atoms with Gasteiger partial charge in [0, 0.05) is 25.1 Å². The first-order valence-electron chi connectivity index (χ1n) is 12.5. The number of hydrogen-bond donors (Lipinski definition) is 1. The molecule has 5 nitrogen and oxygen atoms in total. The van der Waals surface area contributed by atoms with Crippen molar-refractivity contribution in [3.8, 4) is 0 Å². The lowest BCUT2D eigenvalue weighted by atomic mass is 9.92. The van der Waals surface area contributed by atoms with Crippen LogP contribution in [0.15, 0.2) is 30.3 Å². The molecule has 1 aromatic rings. The Morgan fingerprint density at radius 1 is 1.03 bits per heavy atom. The average Bonchev–Trinajstić information content (AvgIpc) is 2.80. The van der Waals surface area contributed by atoms with Crippen LogP contribution >= 0.6 is 0 Å². The fraction of sp³-hybridized carbons (Fsp3) is 0.731. The smallest absolute Gasteiger partial charge is 0.223 e. The molecule has 1 amide bonds. The van der Waals surface area contributed by atoms with Gasteiger partial charge in [0.15, 0.2) is 0 Å². The molecule has 0 atom stereocenters. The number of benzene rings is 1. The molecule has 3 rings (SSSR count). The maximum absolute atomic E-state index is 12.4. The Bertz CT molecular complexity index is 621. The Kier molecular flexibility index (Phi) is 10.3. The molecule has 0 unspecified atom stereocenters. The fourth-order valence-corrected chi connectivity index (χ4v) is 4.93. The highest BCUT2D eigenvalue weighted by Crippen LogP contribution is 2.24. The van der Waals surface area contributed by atoms with Crippen LogP contribution in [0.3, 0.4) is 0 Å². The van der Waals surface area contributed by atoms with Crippen LogP contribution in [-0.2, 0) is 16.0 Å². The number of ether oxygens (including phenoxy) is 1. The van der Waals surface area contributed by atoms with Crippen molar-refractivity contribution in [1.29, 1.82) is 0 Å². The summed E-state index contributed by atoms with van der Waals surface area (Å²) >= 11 is 0. The summed E-state index contributed by atoms with van der Waals surface area (Å²) in [6.45, 7) is 11.4. The van der Waals surface area contributed by atoms with Gasteiger partial charge in [0.25, 0.3) is 0 Å². The summed E-state index contributed by atoms with van der Waals surface area (Å²) in [6, 6.07) is 11.5. The summed E-state index contributed by atoms with van der Waals surface area (Å²) < 4.78 is 5.54. The van der Waals surface area contributed by atoms with E-state index in [1.165, 1.54) is 50.9 Å². The van der Waals surface area contributed by atoms with E-state index in [0.29, 0.717) is 6.04 Å². The third kappa shape index (κ3) is 8.55. The van der Waals surface area contributed by atoms with Crippen LogP contribution in [0.1, 0.15) is 57.9 Å². The number of amides is 1. The van der Waals surface area contributed by atoms with Gasteiger partial charge in [0.1, 0.15) is 0 Å². The van der Waals surface area contributed by atoms with Crippen LogP contribution in [-0.4, -0.2) is 73.7 Å². The average molecular weight is 430 g/mol.